The van der Waals surface area contributed by atoms with Crippen molar-refractivity contribution in [1.29, 1.82) is 0 Å². The van der Waals surface area contributed by atoms with E-state index in [9.17, 15) is 0 Å². The fraction of sp³-hybridized carbons (Fsp3) is 1.00. The van der Waals surface area contributed by atoms with Crippen molar-refractivity contribution in [2.75, 3.05) is 7.05 Å². The Bertz CT molecular complexity index is 140. The predicted molar refractivity (Wildman–Crippen MR) is 48.1 cm³/mol. The van der Waals surface area contributed by atoms with Crippen LogP contribution in [0.4, 0.5) is 0 Å². The molecule has 3 unspecified atom stereocenters. The van der Waals surface area contributed by atoms with Crippen LogP contribution in [0.2, 0.25) is 0 Å². The summed E-state index contributed by atoms with van der Waals surface area (Å²) in [6, 6.07) is 0.694. The lowest BCUT2D eigenvalue weighted by Gasteiger charge is -2.23. The largest absolute Gasteiger partial charge is 0.373 e. The van der Waals surface area contributed by atoms with Gasteiger partial charge in [-0.05, 0) is 26.3 Å². The van der Waals surface area contributed by atoms with Crippen molar-refractivity contribution in [1.82, 2.24) is 3.11 Å². The zero-order valence-corrected chi connectivity index (χ0v) is 8.24. The first-order chi connectivity index (χ1) is 4.77. The van der Waals surface area contributed by atoms with Crippen LogP contribution in [0.1, 0.15) is 19.3 Å². The molecule has 0 aromatic carbocycles. The van der Waals surface area contributed by atoms with Crippen LogP contribution in [0, 0.1) is 0 Å². The fourth-order valence-corrected chi connectivity index (χ4v) is 2.57. The zero-order valence-electron chi connectivity index (χ0n) is 6.09. The summed E-state index contributed by atoms with van der Waals surface area (Å²) in [6.07, 6.45) is 4.97. The van der Waals surface area contributed by atoms with Crippen molar-refractivity contribution >= 4 is 22.9 Å². The van der Waals surface area contributed by atoms with Crippen LogP contribution >= 0.6 is 22.9 Å². The molecule has 0 aliphatic carbocycles. The van der Waals surface area contributed by atoms with Crippen LogP contribution in [0.5, 0.6) is 0 Å². The van der Waals surface area contributed by atoms with Gasteiger partial charge in [-0.2, -0.15) is 0 Å². The van der Waals surface area contributed by atoms with Crippen LogP contribution in [0.15, 0.2) is 0 Å². The molecule has 0 N–H and O–H groups in total. The Labute approximate surface area is 75.4 Å². The first-order valence-corrected chi connectivity index (χ1v) is 4.78. The van der Waals surface area contributed by atoms with E-state index >= 15 is 0 Å². The number of halogens is 1. The lowest BCUT2D eigenvalue weighted by Crippen LogP contribution is -2.32. The minimum Gasteiger partial charge on any atom is -0.373 e. The van der Waals surface area contributed by atoms with Gasteiger partial charge < -0.3 is 4.74 Å². The molecule has 58 valence electrons. The van der Waals surface area contributed by atoms with Crippen LogP contribution < -0.4 is 0 Å². The Morgan fingerprint density at radius 2 is 2.30 bits per heavy atom. The van der Waals surface area contributed by atoms with Gasteiger partial charge >= 0.3 is 0 Å². The molecule has 2 saturated heterocycles. The van der Waals surface area contributed by atoms with E-state index in [0.717, 1.165) is 0 Å². The summed E-state index contributed by atoms with van der Waals surface area (Å²) in [7, 11) is 2.13. The third-order valence-electron chi connectivity index (χ3n) is 2.53. The lowest BCUT2D eigenvalue weighted by atomic mass is 9.96. The molecule has 0 aromatic heterocycles. The molecular weight excluding hydrogens is 241 g/mol. The van der Waals surface area contributed by atoms with Gasteiger partial charge in [0.05, 0.1) is 12.2 Å². The molecule has 0 aromatic rings. The molecule has 2 fully saturated rings. The van der Waals surface area contributed by atoms with Gasteiger partial charge in [0.15, 0.2) is 0 Å². The molecule has 2 nitrogen and oxygen atoms in total. The second-order valence-corrected chi connectivity index (χ2v) is 4.72. The van der Waals surface area contributed by atoms with Crippen LogP contribution in [-0.2, 0) is 4.74 Å². The molecule has 2 rings (SSSR count). The third-order valence-corrected chi connectivity index (χ3v) is 3.25. The van der Waals surface area contributed by atoms with E-state index in [1.54, 1.807) is 0 Å². The molecule has 2 heterocycles. The highest BCUT2D eigenvalue weighted by Crippen LogP contribution is 2.37. The van der Waals surface area contributed by atoms with Gasteiger partial charge in [0.1, 0.15) is 0 Å². The van der Waals surface area contributed by atoms with Crippen LogP contribution in [0.25, 0.3) is 0 Å². The molecule has 0 saturated carbocycles. The van der Waals surface area contributed by atoms with E-state index in [-0.39, 0.29) is 0 Å². The van der Waals surface area contributed by atoms with Gasteiger partial charge in [-0.3, -0.25) is 0 Å². The van der Waals surface area contributed by atoms with Gasteiger partial charge in [-0.15, -0.1) is 0 Å². The topological polar surface area (TPSA) is 12.5 Å². The number of rotatable bonds is 1. The molecule has 2 aliphatic rings. The number of nitrogens with zero attached hydrogens (tertiary/aromatic N) is 1. The average Bonchev–Trinajstić information content (AvgIpc) is 2.44. The molecular formula is C7H12INO. The summed E-state index contributed by atoms with van der Waals surface area (Å²) >= 11 is 2.36. The van der Waals surface area contributed by atoms with Crippen molar-refractivity contribution < 1.29 is 4.74 Å². The van der Waals surface area contributed by atoms with Crippen LogP contribution in [0.3, 0.4) is 0 Å². The summed E-state index contributed by atoms with van der Waals surface area (Å²) in [4.78, 5) is 0. The molecule has 3 heteroatoms. The van der Waals surface area contributed by atoms with Crippen molar-refractivity contribution in [2.45, 2.75) is 37.5 Å². The highest BCUT2D eigenvalue weighted by molar-refractivity contribution is 14.1. The van der Waals surface area contributed by atoms with E-state index in [4.69, 9.17) is 4.74 Å². The fourth-order valence-electron chi connectivity index (χ4n) is 1.99. The summed E-state index contributed by atoms with van der Waals surface area (Å²) in [6.45, 7) is 0. The molecule has 2 aliphatic heterocycles. The summed E-state index contributed by atoms with van der Waals surface area (Å²) in [5, 5.41) is 0. The summed E-state index contributed by atoms with van der Waals surface area (Å²) < 4.78 is 7.97. The Morgan fingerprint density at radius 1 is 1.50 bits per heavy atom. The van der Waals surface area contributed by atoms with Crippen molar-refractivity contribution in [3.05, 3.63) is 0 Å². The Balaban J connectivity index is 2.02. The molecule has 2 bridgehead atoms. The number of ether oxygens (including phenoxy) is 1. The lowest BCUT2D eigenvalue weighted by molar-refractivity contribution is 0.0930. The average molecular weight is 253 g/mol. The molecule has 3 atom stereocenters. The molecule has 0 radical (unpaired) electrons. The first-order valence-electron chi connectivity index (χ1n) is 3.81. The number of likely N-dealkylation sites (N-methyl/N-ethyl adjacent to an activating group) is 1. The molecule has 10 heavy (non-hydrogen) atoms. The maximum atomic E-state index is 5.70. The van der Waals surface area contributed by atoms with E-state index in [1.807, 2.05) is 0 Å². The van der Waals surface area contributed by atoms with E-state index in [0.29, 0.717) is 18.2 Å². The smallest absolute Gasteiger partial charge is 0.0743 e. The number of hydrogen-bond donors (Lipinski definition) is 0. The summed E-state index contributed by atoms with van der Waals surface area (Å²) in [5.41, 5.74) is 0. The first kappa shape index (κ1) is 7.31. The summed E-state index contributed by atoms with van der Waals surface area (Å²) in [5.74, 6) is 0. The number of fused-ring (bicyclic) bond motifs is 2. The SMILES string of the molecule is CN(I)C1CC2CCC1O2. The highest BCUT2D eigenvalue weighted by Gasteiger charge is 2.41. The quantitative estimate of drug-likeness (QED) is 0.519. The minimum absolute atomic E-state index is 0.548. The Morgan fingerprint density at radius 3 is 2.60 bits per heavy atom. The van der Waals surface area contributed by atoms with Gasteiger partial charge in [0.2, 0.25) is 0 Å². The van der Waals surface area contributed by atoms with Gasteiger partial charge in [-0.1, -0.05) is 0 Å². The molecule has 0 amide bonds. The predicted octanol–water partition coefficient (Wildman–Crippen LogP) is 1.59. The normalized spacial score (nSPS) is 45.3. The van der Waals surface area contributed by atoms with E-state index in [2.05, 4.69) is 33.0 Å². The highest BCUT2D eigenvalue weighted by atomic mass is 127. The van der Waals surface area contributed by atoms with E-state index in [1.165, 1.54) is 19.3 Å². The van der Waals surface area contributed by atoms with Gasteiger partial charge in [-0.25, -0.2) is 3.11 Å². The second-order valence-electron chi connectivity index (χ2n) is 3.20. The Hall–Kier alpha value is 0.650. The molecule has 0 spiro atoms. The third kappa shape index (κ3) is 1.08. The second kappa shape index (κ2) is 2.60. The van der Waals surface area contributed by atoms with Crippen molar-refractivity contribution in [3.63, 3.8) is 0 Å². The monoisotopic (exact) mass is 253 g/mol. The van der Waals surface area contributed by atoms with Crippen molar-refractivity contribution in [3.8, 4) is 0 Å². The standard InChI is InChI=1S/C7H12INO/c1-9(8)6-4-5-2-3-7(6)10-5/h5-7H,2-4H2,1H3. The van der Waals surface area contributed by atoms with Crippen molar-refractivity contribution in [2.24, 2.45) is 0 Å². The van der Waals surface area contributed by atoms with Gasteiger partial charge in [0, 0.05) is 28.9 Å². The number of hydrogen-bond acceptors (Lipinski definition) is 2. The minimum atomic E-state index is 0.548. The zero-order chi connectivity index (χ0) is 7.14. The van der Waals surface area contributed by atoms with Crippen LogP contribution in [-0.4, -0.2) is 28.4 Å². The maximum Gasteiger partial charge on any atom is 0.0743 e. The van der Waals surface area contributed by atoms with E-state index < -0.39 is 0 Å². The Kier molecular flexibility index (Phi) is 1.90. The maximum absolute atomic E-state index is 5.70. The van der Waals surface area contributed by atoms with Gasteiger partial charge in [0.25, 0.3) is 0 Å².